The zero-order chi connectivity index (χ0) is 28.8. The molecule has 0 radical (unpaired) electrons. The number of thiazole rings is 1. The Bertz CT molecular complexity index is 1690. The van der Waals surface area contributed by atoms with E-state index in [-0.39, 0.29) is 16.5 Å². The van der Waals surface area contributed by atoms with E-state index in [4.69, 9.17) is 21.1 Å². The van der Waals surface area contributed by atoms with E-state index in [1.807, 2.05) is 10.3 Å². The summed E-state index contributed by atoms with van der Waals surface area (Å²) < 4.78 is 40.2. The van der Waals surface area contributed by atoms with Gasteiger partial charge in [-0.05, 0) is 54.6 Å². The van der Waals surface area contributed by atoms with E-state index in [0.29, 0.717) is 48.1 Å². The maximum Gasteiger partial charge on any atom is 0.271 e. The van der Waals surface area contributed by atoms with Gasteiger partial charge in [-0.15, -0.1) is 11.3 Å². The summed E-state index contributed by atoms with van der Waals surface area (Å²) in [6, 6.07) is 14.2. The number of methoxy groups -OCH3 is 2. The maximum atomic E-state index is 14.9. The number of carbonyl (C=O) groups excluding carboxylic acids is 1. The molecule has 13 heteroatoms. The predicted molar refractivity (Wildman–Crippen MR) is 157 cm³/mol. The number of pyridine rings is 1. The highest BCUT2D eigenvalue weighted by atomic mass is 35.5. The third-order valence-electron chi connectivity index (χ3n) is 7.46. The number of fused-ring (bicyclic) bond motifs is 1. The average Bonchev–Trinajstić information content (AvgIpc) is 3.62. The molecule has 0 aliphatic carbocycles. The smallest absolute Gasteiger partial charge is 0.271 e. The highest BCUT2D eigenvalue weighted by molar-refractivity contribution is 7.93. The zero-order valence-corrected chi connectivity index (χ0v) is 24.6. The van der Waals surface area contributed by atoms with Gasteiger partial charge in [0.25, 0.3) is 15.9 Å². The number of amides is 1. The predicted octanol–water partition coefficient (Wildman–Crippen LogP) is 4.01. The van der Waals surface area contributed by atoms with Crippen molar-refractivity contribution in [2.75, 3.05) is 49.6 Å². The normalized spacial score (nSPS) is 19.3. The van der Waals surface area contributed by atoms with Crippen molar-refractivity contribution >= 4 is 49.7 Å². The number of rotatable bonds is 7. The molecule has 41 heavy (non-hydrogen) atoms. The second-order valence-electron chi connectivity index (χ2n) is 9.47. The van der Waals surface area contributed by atoms with Gasteiger partial charge >= 0.3 is 0 Å². The van der Waals surface area contributed by atoms with Crippen LogP contribution in [0.25, 0.3) is 0 Å². The van der Waals surface area contributed by atoms with Crippen LogP contribution in [0, 0.1) is 0 Å². The van der Waals surface area contributed by atoms with Crippen LogP contribution in [-0.2, 0) is 20.4 Å². The van der Waals surface area contributed by atoms with Gasteiger partial charge in [-0.3, -0.25) is 9.69 Å². The van der Waals surface area contributed by atoms with Gasteiger partial charge in [0.1, 0.15) is 5.75 Å². The second-order valence-corrected chi connectivity index (χ2v) is 12.6. The Balaban J connectivity index is 1.55. The minimum atomic E-state index is -4.34. The lowest BCUT2D eigenvalue weighted by Crippen LogP contribution is -2.60. The largest absolute Gasteiger partial charge is 0.497 e. The molecule has 10 nitrogen and oxygen atoms in total. The van der Waals surface area contributed by atoms with Crippen molar-refractivity contribution in [1.82, 2.24) is 14.9 Å². The molecule has 0 saturated carbocycles. The standard InChI is InChI=1S/C28H26ClN5O5S2/c1-38-20-6-8-21(9-7-20)41(36,37)34-24-10-5-19(29)18-23(24)28(26(34)35,22-4-3-11-30-25(22)39-2)33-15-13-32(14-16-33)27-31-12-17-40-27/h3-12,17-18H,13-16H2,1-2H3. The quantitative estimate of drug-likeness (QED) is 0.306. The van der Waals surface area contributed by atoms with Crippen molar-refractivity contribution in [3.05, 3.63) is 88.5 Å². The van der Waals surface area contributed by atoms with Crippen LogP contribution < -0.4 is 18.7 Å². The molecule has 212 valence electrons. The Kier molecular flexibility index (Phi) is 7.10. The van der Waals surface area contributed by atoms with E-state index in [2.05, 4.69) is 14.9 Å². The third kappa shape index (κ3) is 4.33. The minimum absolute atomic E-state index is 0.0462. The Labute approximate surface area is 246 Å². The minimum Gasteiger partial charge on any atom is -0.497 e. The van der Waals surface area contributed by atoms with Crippen LogP contribution in [-0.4, -0.2) is 69.6 Å². The molecule has 0 spiro atoms. The first-order chi connectivity index (χ1) is 19.8. The fourth-order valence-corrected chi connectivity index (χ4v) is 7.94. The van der Waals surface area contributed by atoms with E-state index < -0.39 is 21.5 Å². The maximum absolute atomic E-state index is 14.9. The van der Waals surface area contributed by atoms with Crippen LogP contribution in [0.15, 0.2) is 77.3 Å². The van der Waals surface area contributed by atoms with Gasteiger partial charge in [0.15, 0.2) is 10.7 Å². The molecule has 2 aliphatic rings. The van der Waals surface area contributed by atoms with Crippen molar-refractivity contribution in [1.29, 1.82) is 0 Å². The number of ether oxygens (including phenoxy) is 2. The summed E-state index contributed by atoms with van der Waals surface area (Å²) in [5, 5.41) is 3.18. The summed E-state index contributed by atoms with van der Waals surface area (Å²) in [7, 11) is -1.37. The first kappa shape index (κ1) is 27.5. The van der Waals surface area contributed by atoms with Gasteiger partial charge in [0, 0.05) is 60.1 Å². The average molecular weight is 612 g/mol. The topological polar surface area (TPSA) is 105 Å². The molecule has 4 aromatic rings. The summed E-state index contributed by atoms with van der Waals surface area (Å²) in [6.45, 7) is 2.02. The highest BCUT2D eigenvalue weighted by Gasteiger charge is 2.61. The van der Waals surface area contributed by atoms with Crippen LogP contribution in [0.1, 0.15) is 11.1 Å². The third-order valence-corrected chi connectivity index (χ3v) is 10.2. The Morgan fingerprint density at radius 1 is 0.927 bits per heavy atom. The van der Waals surface area contributed by atoms with Gasteiger partial charge in [0.2, 0.25) is 5.88 Å². The highest BCUT2D eigenvalue weighted by Crippen LogP contribution is 2.53. The van der Waals surface area contributed by atoms with E-state index in [0.717, 1.165) is 9.44 Å². The molecular formula is C28H26ClN5O5S2. The summed E-state index contributed by atoms with van der Waals surface area (Å²) in [6.07, 6.45) is 3.33. The van der Waals surface area contributed by atoms with E-state index in [1.165, 1.54) is 26.4 Å². The summed E-state index contributed by atoms with van der Waals surface area (Å²) in [5.41, 5.74) is -0.468. The fraction of sp³-hybridized carbons (Fsp3) is 0.250. The van der Waals surface area contributed by atoms with Crippen molar-refractivity contribution in [3.8, 4) is 11.6 Å². The van der Waals surface area contributed by atoms with E-state index in [1.54, 1.807) is 66.2 Å². The number of sulfonamides is 1. The molecule has 1 unspecified atom stereocenters. The van der Waals surface area contributed by atoms with Gasteiger partial charge in [-0.25, -0.2) is 22.7 Å². The van der Waals surface area contributed by atoms with Crippen molar-refractivity contribution in [3.63, 3.8) is 0 Å². The molecular weight excluding hydrogens is 586 g/mol. The Morgan fingerprint density at radius 3 is 2.34 bits per heavy atom. The molecule has 1 fully saturated rings. The molecule has 2 aliphatic heterocycles. The van der Waals surface area contributed by atoms with Gasteiger partial charge < -0.3 is 14.4 Å². The number of benzene rings is 2. The number of halogens is 1. The summed E-state index contributed by atoms with van der Waals surface area (Å²) >= 11 is 8.07. The Hall–Kier alpha value is -3.71. The number of hydrogen-bond donors (Lipinski definition) is 0. The molecule has 1 saturated heterocycles. The van der Waals surface area contributed by atoms with Crippen LogP contribution in [0.3, 0.4) is 0 Å². The lowest BCUT2D eigenvalue weighted by atomic mass is 9.82. The SMILES string of the molecule is COc1ccc(S(=O)(=O)N2C(=O)C(c3cccnc3OC)(N3CCN(c4nccs4)CC3)c3cc(Cl)ccc32)cc1. The molecule has 0 bridgehead atoms. The Morgan fingerprint density at radius 2 is 1.68 bits per heavy atom. The van der Waals surface area contributed by atoms with Gasteiger partial charge in [-0.1, -0.05) is 11.6 Å². The van der Waals surface area contributed by atoms with Crippen molar-refractivity contribution < 1.29 is 22.7 Å². The van der Waals surface area contributed by atoms with Crippen molar-refractivity contribution in [2.24, 2.45) is 0 Å². The van der Waals surface area contributed by atoms with Crippen LogP contribution in [0.5, 0.6) is 11.6 Å². The number of aromatic nitrogens is 2. The van der Waals surface area contributed by atoms with Gasteiger partial charge in [-0.2, -0.15) is 0 Å². The van der Waals surface area contributed by atoms with Crippen LogP contribution in [0.4, 0.5) is 10.8 Å². The van der Waals surface area contributed by atoms with Crippen LogP contribution >= 0.6 is 22.9 Å². The van der Waals surface area contributed by atoms with Gasteiger partial charge in [0.05, 0.1) is 24.8 Å². The van der Waals surface area contributed by atoms with Crippen molar-refractivity contribution in [2.45, 2.75) is 10.4 Å². The number of hydrogen-bond acceptors (Lipinski definition) is 10. The summed E-state index contributed by atoms with van der Waals surface area (Å²) in [5.74, 6) is 0.0637. The van der Waals surface area contributed by atoms with Crippen LogP contribution in [0.2, 0.25) is 5.02 Å². The lowest BCUT2D eigenvalue weighted by Gasteiger charge is -2.45. The molecule has 0 N–H and O–H groups in total. The number of carbonyl (C=O) groups is 1. The first-order valence-corrected chi connectivity index (χ1v) is 15.4. The number of anilines is 2. The molecule has 4 heterocycles. The number of nitrogens with zero attached hydrogens (tertiary/aromatic N) is 5. The molecule has 6 rings (SSSR count). The first-order valence-electron chi connectivity index (χ1n) is 12.7. The number of piperazine rings is 1. The molecule has 2 aromatic heterocycles. The molecule has 1 atom stereocenters. The van der Waals surface area contributed by atoms with E-state index in [9.17, 15) is 13.2 Å². The zero-order valence-electron chi connectivity index (χ0n) is 22.2. The lowest BCUT2D eigenvalue weighted by molar-refractivity contribution is -0.127. The second kappa shape index (κ2) is 10.6. The monoisotopic (exact) mass is 611 g/mol. The van der Waals surface area contributed by atoms with E-state index >= 15 is 0 Å². The summed E-state index contributed by atoms with van der Waals surface area (Å²) in [4.78, 5) is 27.9. The fourth-order valence-electron chi connectivity index (χ4n) is 5.61. The molecule has 1 amide bonds. The molecule has 2 aromatic carbocycles.